The second kappa shape index (κ2) is 5.63. The van der Waals surface area contributed by atoms with E-state index in [9.17, 15) is 0 Å². The Morgan fingerprint density at radius 3 is 3.09 bits per heavy atom. The lowest BCUT2D eigenvalue weighted by atomic mass is 10.1. The first-order chi connectivity index (χ1) is 10.8. The zero-order valence-electron chi connectivity index (χ0n) is 12.8. The molecule has 0 amide bonds. The van der Waals surface area contributed by atoms with Crippen LogP contribution in [0.1, 0.15) is 25.3 Å². The number of methoxy groups -OCH3 is 1. The Balaban J connectivity index is 1.93. The fourth-order valence-electron chi connectivity index (χ4n) is 3.07. The Kier molecular flexibility index (Phi) is 3.62. The topological polar surface area (TPSA) is 24.8 Å². The number of allylic oxidation sites excluding steroid dienone is 1. The van der Waals surface area contributed by atoms with Crippen molar-refractivity contribution in [2.75, 3.05) is 20.2 Å². The van der Waals surface area contributed by atoms with Crippen LogP contribution in [0.2, 0.25) is 0 Å². The minimum Gasteiger partial charge on any atom is -0.497 e. The molecule has 0 bridgehead atoms. The number of thioether (sulfide) groups is 1. The fraction of sp³-hybridized carbons (Fsp3) is 0.353. The average molecular weight is 330 g/mol. The Labute approximate surface area is 138 Å². The summed E-state index contributed by atoms with van der Waals surface area (Å²) in [6, 6.07) is 6.48. The maximum Gasteiger partial charge on any atom is 0.168 e. The van der Waals surface area contributed by atoms with Gasteiger partial charge >= 0.3 is 0 Å². The lowest BCUT2D eigenvalue weighted by Crippen LogP contribution is -2.20. The van der Waals surface area contributed by atoms with Crippen molar-refractivity contribution in [3.05, 3.63) is 34.0 Å². The number of fused-ring (bicyclic) bond motifs is 2. The predicted octanol–water partition coefficient (Wildman–Crippen LogP) is 4.80. The smallest absolute Gasteiger partial charge is 0.168 e. The van der Waals surface area contributed by atoms with Crippen LogP contribution < -0.4 is 4.74 Å². The number of ether oxygens (including phenoxy) is 1. The molecule has 0 radical (unpaired) electrons. The van der Waals surface area contributed by atoms with Gasteiger partial charge in [0.05, 0.1) is 19.4 Å². The molecule has 0 fully saturated rings. The molecule has 2 aliphatic rings. The number of nitrogens with zero attached hydrogens (tertiary/aromatic N) is 2. The number of rotatable bonds is 4. The first kappa shape index (κ1) is 14.2. The quantitative estimate of drug-likeness (QED) is 0.805. The highest BCUT2D eigenvalue weighted by molar-refractivity contribution is 8.17. The molecule has 3 heterocycles. The van der Waals surface area contributed by atoms with E-state index < -0.39 is 0 Å². The molecule has 0 saturated heterocycles. The minimum absolute atomic E-state index is 0.906. The second-order valence-corrected chi connectivity index (χ2v) is 7.43. The highest BCUT2D eigenvalue weighted by atomic mass is 32.2. The molecule has 0 atom stereocenters. The number of amidine groups is 1. The number of thiophene rings is 1. The van der Waals surface area contributed by atoms with Gasteiger partial charge in [0.1, 0.15) is 5.75 Å². The molecule has 1 aromatic carbocycles. The molecule has 2 aliphatic heterocycles. The molecule has 4 rings (SSSR count). The summed E-state index contributed by atoms with van der Waals surface area (Å²) >= 11 is 3.66. The van der Waals surface area contributed by atoms with E-state index >= 15 is 0 Å². The van der Waals surface area contributed by atoms with Crippen molar-refractivity contribution in [2.24, 2.45) is 4.99 Å². The lowest BCUT2D eigenvalue weighted by molar-refractivity contribution is 0.415. The summed E-state index contributed by atoms with van der Waals surface area (Å²) in [5.41, 5.74) is 2.65. The minimum atomic E-state index is 0.906. The van der Waals surface area contributed by atoms with Crippen molar-refractivity contribution >= 4 is 44.0 Å². The van der Waals surface area contributed by atoms with Crippen LogP contribution in [0.15, 0.2) is 33.5 Å². The van der Waals surface area contributed by atoms with Crippen molar-refractivity contribution in [3.8, 4) is 5.75 Å². The van der Waals surface area contributed by atoms with Crippen LogP contribution in [-0.2, 0) is 0 Å². The number of aliphatic imine (C=N–C) groups is 1. The molecule has 0 spiro atoms. The summed E-state index contributed by atoms with van der Waals surface area (Å²) in [4.78, 5) is 8.49. The van der Waals surface area contributed by atoms with Crippen LogP contribution in [0.4, 0.5) is 0 Å². The number of hydrogen-bond donors (Lipinski definition) is 0. The zero-order valence-corrected chi connectivity index (χ0v) is 14.4. The number of benzene rings is 1. The summed E-state index contributed by atoms with van der Waals surface area (Å²) in [6.45, 7) is 4.14. The molecule has 0 N–H and O–H groups in total. The molecular formula is C17H18N2OS2. The van der Waals surface area contributed by atoms with Gasteiger partial charge < -0.3 is 9.64 Å². The van der Waals surface area contributed by atoms with Crippen LogP contribution in [-0.4, -0.2) is 30.3 Å². The van der Waals surface area contributed by atoms with E-state index in [2.05, 4.69) is 40.4 Å². The summed E-state index contributed by atoms with van der Waals surface area (Å²) in [5, 5.41) is 4.60. The zero-order chi connectivity index (χ0) is 15.1. The molecule has 0 saturated carbocycles. The van der Waals surface area contributed by atoms with Gasteiger partial charge in [-0.3, -0.25) is 4.99 Å². The molecule has 5 heteroatoms. The normalized spacial score (nSPS) is 17.4. The third-order valence-corrected chi connectivity index (χ3v) is 6.18. The Morgan fingerprint density at radius 1 is 1.36 bits per heavy atom. The summed E-state index contributed by atoms with van der Waals surface area (Å²) in [5.74, 6) is 0.929. The van der Waals surface area contributed by atoms with E-state index in [4.69, 9.17) is 4.74 Å². The number of hydrogen-bond acceptors (Lipinski definition) is 5. The first-order valence-corrected chi connectivity index (χ1v) is 9.30. The van der Waals surface area contributed by atoms with Crippen LogP contribution in [0, 0.1) is 0 Å². The van der Waals surface area contributed by atoms with Gasteiger partial charge in [0, 0.05) is 21.7 Å². The molecule has 114 valence electrons. The van der Waals surface area contributed by atoms with Crippen molar-refractivity contribution in [2.45, 2.75) is 19.8 Å². The third kappa shape index (κ3) is 2.15. The highest BCUT2D eigenvalue weighted by Gasteiger charge is 2.33. The standard InChI is InChI=1S/C17H18N2OS2/c1-3-4-14-15(19-7-6-18-17(19)22-14)13-10-12(20-2)9-11-5-8-21-16(11)13/h5,8-10H,3-4,6-7H2,1-2H3. The lowest BCUT2D eigenvalue weighted by Gasteiger charge is -2.19. The summed E-state index contributed by atoms with van der Waals surface area (Å²) in [6.07, 6.45) is 2.27. The Morgan fingerprint density at radius 2 is 2.27 bits per heavy atom. The van der Waals surface area contributed by atoms with E-state index in [0.717, 1.165) is 31.7 Å². The van der Waals surface area contributed by atoms with Gasteiger partial charge in [-0.25, -0.2) is 0 Å². The van der Waals surface area contributed by atoms with Gasteiger partial charge in [-0.1, -0.05) is 25.1 Å². The molecule has 3 nitrogen and oxygen atoms in total. The van der Waals surface area contributed by atoms with Crippen molar-refractivity contribution in [1.82, 2.24) is 4.90 Å². The van der Waals surface area contributed by atoms with Crippen LogP contribution in [0.3, 0.4) is 0 Å². The van der Waals surface area contributed by atoms with E-state index in [1.165, 1.54) is 31.4 Å². The maximum absolute atomic E-state index is 5.52. The first-order valence-electron chi connectivity index (χ1n) is 7.60. The molecule has 2 aromatic rings. The summed E-state index contributed by atoms with van der Waals surface area (Å²) < 4.78 is 6.87. The van der Waals surface area contributed by atoms with Gasteiger partial charge in [-0.15, -0.1) is 11.3 Å². The van der Waals surface area contributed by atoms with E-state index in [1.54, 1.807) is 7.11 Å². The van der Waals surface area contributed by atoms with Gasteiger partial charge in [0.15, 0.2) is 5.17 Å². The monoisotopic (exact) mass is 330 g/mol. The fourth-order valence-corrected chi connectivity index (χ4v) is 5.26. The van der Waals surface area contributed by atoms with Crippen molar-refractivity contribution < 1.29 is 4.74 Å². The molecule has 22 heavy (non-hydrogen) atoms. The van der Waals surface area contributed by atoms with E-state index in [-0.39, 0.29) is 0 Å². The van der Waals surface area contributed by atoms with E-state index in [0.29, 0.717) is 0 Å². The largest absolute Gasteiger partial charge is 0.497 e. The SMILES string of the molecule is CCCC1=C(c2cc(OC)cc3ccsc23)N2CCN=C2S1. The highest BCUT2D eigenvalue weighted by Crippen LogP contribution is 2.46. The predicted molar refractivity (Wildman–Crippen MR) is 96.8 cm³/mol. The van der Waals surface area contributed by atoms with Crippen LogP contribution in [0.5, 0.6) is 5.75 Å². The van der Waals surface area contributed by atoms with Crippen molar-refractivity contribution in [3.63, 3.8) is 0 Å². The maximum atomic E-state index is 5.52. The van der Waals surface area contributed by atoms with Crippen LogP contribution in [0.25, 0.3) is 15.8 Å². The third-order valence-electron chi connectivity index (χ3n) is 4.04. The Bertz CT molecular complexity index is 791. The Hall–Kier alpha value is -1.46. The molecule has 0 unspecified atom stereocenters. The second-order valence-electron chi connectivity index (χ2n) is 5.45. The van der Waals surface area contributed by atoms with Crippen LogP contribution >= 0.6 is 23.1 Å². The van der Waals surface area contributed by atoms with Crippen molar-refractivity contribution in [1.29, 1.82) is 0 Å². The molecular weight excluding hydrogens is 312 g/mol. The van der Waals surface area contributed by atoms with Gasteiger partial charge in [0.2, 0.25) is 0 Å². The molecule has 1 aromatic heterocycles. The van der Waals surface area contributed by atoms with Gasteiger partial charge in [0.25, 0.3) is 0 Å². The van der Waals surface area contributed by atoms with Gasteiger partial charge in [-0.2, -0.15) is 0 Å². The summed E-state index contributed by atoms with van der Waals surface area (Å²) in [7, 11) is 1.74. The molecule has 0 aliphatic carbocycles. The van der Waals surface area contributed by atoms with Gasteiger partial charge in [-0.05, 0) is 35.4 Å². The average Bonchev–Trinajstić information content (AvgIpc) is 3.21. The van der Waals surface area contributed by atoms with E-state index in [1.807, 2.05) is 23.1 Å².